The average Bonchev–Trinajstić information content (AvgIpc) is 2.86. The third kappa shape index (κ3) is 6.49. The predicted octanol–water partition coefficient (Wildman–Crippen LogP) is 2.83. The third-order valence-electron chi connectivity index (χ3n) is 4.59. The van der Waals surface area contributed by atoms with Gasteiger partial charge in [-0.3, -0.25) is 4.68 Å². The Morgan fingerprint density at radius 3 is 2.48 bits per heavy atom. The van der Waals surface area contributed by atoms with Crippen molar-refractivity contribution in [2.75, 3.05) is 6.54 Å². The Hall–Kier alpha value is -1.61. The Balaban J connectivity index is 0.00000364. The molecule has 0 spiro atoms. The Morgan fingerprint density at radius 1 is 1.26 bits per heavy atom. The van der Waals surface area contributed by atoms with Crippen LogP contribution in [0.25, 0.3) is 0 Å². The molecule has 27 heavy (non-hydrogen) atoms. The monoisotopic (exact) mass is 485 g/mol. The number of aliphatic hydroxyl groups is 1. The van der Waals surface area contributed by atoms with Gasteiger partial charge in [0.15, 0.2) is 5.96 Å². The van der Waals surface area contributed by atoms with Crippen molar-refractivity contribution in [3.63, 3.8) is 0 Å². The van der Waals surface area contributed by atoms with Crippen molar-refractivity contribution >= 4 is 29.9 Å². The second-order valence-corrected chi connectivity index (χ2v) is 6.64. The number of hydrogen-bond acceptors (Lipinski definition) is 3. The largest absolute Gasteiger partial charge is 0.392 e. The summed E-state index contributed by atoms with van der Waals surface area (Å²) in [5.74, 6) is 0.784. The van der Waals surface area contributed by atoms with Crippen molar-refractivity contribution in [3.05, 3.63) is 52.3 Å². The number of nitrogens with one attached hydrogen (secondary N) is 2. The van der Waals surface area contributed by atoms with Gasteiger partial charge >= 0.3 is 0 Å². The molecule has 0 saturated carbocycles. The maximum absolute atomic E-state index is 9.46. The van der Waals surface area contributed by atoms with Crippen molar-refractivity contribution in [3.8, 4) is 0 Å². The Labute approximate surface area is 179 Å². The summed E-state index contributed by atoms with van der Waals surface area (Å²) in [6, 6.07) is 8.07. The maximum atomic E-state index is 9.46. The normalized spacial score (nSPS) is 12.4. The quantitative estimate of drug-likeness (QED) is 0.321. The summed E-state index contributed by atoms with van der Waals surface area (Å²) in [6.45, 7) is 9.73. The standard InChI is InChI=1S/C20H31N5O.HI/c1-6-21-20(22-12-17-9-7-8-10-18(17)13-26)23-14(2)11-19-15(3)24-25(5)16(19)4;/h7-10,14,26H,6,11-13H2,1-5H3,(H2,21,22,23);1H. The van der Waals surface area contributed by atoms with E-state index in [1.54, 1.807) is 0 Å². The fraction of sp³-hybridized carbons (Fsp3) is 0.500. The van der Waals surface area contributed by atoms with E-state index in [4.69, 9.17) is 0 Å². The number of aromatic nitrogens is 2. The summed E-state index contributed by atoms with van der Waals surface area (Å²) in [7, 11) is 1.98. The lowest BCUT2D eigenvalue weighted by atomic mass is 10.1. The molecule has 0 bridgehead atoms. The number of rotatable bonds is 7. The van der Waals surface area contributed by atoms with E-state index in [1.807, 2.05) is 36.0 Å². The molecule has 0 fully saturated rings. The minimum atomic E-state index is 0. The molecule has 1 unspecified atom stereocenters. The van der Waals surface area contributed by atoms with E-state index < -0.39 is 0 Å². The van der Waals surface area contributed by atoms with Crippen LogP contribution < -0.4 is 10.6 Å². The van der Waals surface area contributed by atoms with E-state index in [1.165, 1.54) is 11.3 Å². The summed E-state index contributed by atoms with van der Waals surface area (Å²) in [4.78, 5) is 4.69. The van der Waals surface area contributed by atoms with Crippen LogP contribution in [0.1, 0.15) is 41.9 Å². The molecule has 3 N–H and O–H groups in total. The molecule has 1 atom stereocenters. The lowest BCUT2D eigenvalue weighted by Gasteiger charge is -2.18. The number of aliphatic imine (C=N–C) groups is 1. The van der Waals surface area contributed by atoms with Gasteiger partial charge in [-0.2, -0.15) is 5.10 Å². The number of aryl methyl sites for hydroxylation is 2. The van der Waals surface area contributed by atoms with Gasteiger partial charge in [0.1, 0.15) is 0 Å². The van der Waals surface area contributed by atoms with Crippen LogP contribution in [0.2, 0.25) is 0 Å². The summed E-state index contributed by atoms with van der Waals surface area (Å²) in [5.41, 5.74) is 5.53. The molecule has 0 aliphatic heterocycles. The van der Waals surface area contributed by atoms with Gasteiger partial charge in [-0.1, -0.05) is 24.3 Å². The van der Waals surface area contributed by atoms with Gasteiger partial charge in [0.05, 0.1) is 18.8 Å². The van der Waals surface area contributed by atoms with Crippen LogP contribution in [0.3, 0.4) is 0 Å². The van der Waals surface area contributed by atoms with Crippen LogP contribution in [-0.2, 0) is 26.6 Å². The van der Waals surface area contributed by atoms with Crippen molar-refractivity contribution in [2.45, 2.75) is 53.3 Å². The molecule has 7 heteroatoms. The molecule has 1 heterocycles. The van der Waals surface area contributed by atoms with Crippen LogP contribution in [0, 0.1) is 13.8 Å². The molecule has 0 amide bonds. The SMILES string of the molecule is CCNC(=NCc1ccccc1CO)NC(C)Cc1c(C)nn(C)c1C.I. The molecule has 0 aliphatic carbocycles. The van der Waals surface area contributed by atoms with E-state index in [9.17, 15) is 5.11 Å². The lowest BCUT2D eigenvalue weighted by Crippen LogP contribution is -2.43. The lowest BCUT2D eigenvalue weighted by molar-refractivity contribution is 0.280. The Morgan fingerprint density at radius 2 is 1.93 bits per heavy atom. The van der Waals surface area contributed by atoms with Crippen LogP contribution in [0.4, 0.5) is 0 Å². The van der Waals surface area contributed by atoms with Crippen LogP contribution in [-0.4, -0.2) is 33.4 Å². The number of nitrogens with zero attached hydrogens (tertiary/aromatic N) is 3. The highest BCUT2D eigenvalue weighted by atomic mass is 127. The summed E-state index contributed by atoms with van der Waals surface area (Å²) in [6.07, 6.45) is 0.892. The summed E-state index contributed by atoms with van der Waals surface area (Å²) < 4.78 is 1.93. The van der Waals surface area contributed by atoms with Gasteiger partial charge < -0.3 is 15.7 Å². The molecule has 1 aromatic heterocycles. The Kier molecular flexibility index (Phi) is 9.79. The van der Waals surface area contributed by atoms with Crippen molar-refractivity contribution in [1.29, 1.82) is 0 Å². The molecule has 6 nitrogen and oxygen atoms in total. The fourth-order valence-corrected chi connectivity index (χ4v) is 3.05. The van der Waals surface area contributed by atoms with Crippen LogP contribution in [0.5, 0.6) is 0 Å². The van der Waals surface area contributed by atoms with Gasteiger partial charge in [0.2, 0.25) is 0 Å². The van der Waals surface area contributed by atoms with E-state index >= 15 is 0 Å². The summed E-state index contributed by atoms with van der Waals surface area (Å²) >= 11 is 0. The highest BCUT2D eigenvalue weighted by molar-refractivity contribution is 14.0. The second-order valence-electron chi connectivity index (χ2n) is 6.64. The minimum absolute atomic E-state index is 0. The van der Waals surface area contributed by atoms with E-state index in [-0.39, 0.29) is 36.6 Å². The number of benzene rings is 1. The number of guanidine groups is 1. The maximum Gasteiger partial charge on any atom is 0.191 e. The van der Waals surface area contributed by atoms with Crippen molar-refractivity contribution in [1.82, 2.24) is 20.4 Å². The first-order valence-corrected chi connectivity index (χ1v) is 9.17. The van der Waals surface area contributed by atoms with Gasteiger partial charge in [0.25, 0.3) is 0 Å². The van der Waals surface area contributed by atoms with Gasteiger partial charge in [0, 0.05) is 25.3 Å². The molecule has 0 aliphatic rings. The number of aliphatic hydroxyl groups excluding tert-OH is 1. The highest BCUT2D eigenvalue weighted by Crippen LogP contribution is 2.14. The molecule has 150 valence electrons. The van der Waals surface area contributed by atoms with Crippen LogP contribution in [0.15, 0.2) is 29.3 Å². The minimum Gasteiger partial charge on any atom is -0.392 e. The number of hydrogen-bond donors (Lipinski definition) is 3. The average molecular weight is 485 g/mol. The zero-order valence-electron chi connectivity index (χ0n) is 16.9. The van der Waals surface area contributed by atoms with E-state index in [0.29, 0.717) is 6.54 Å². The second kappa shape index (κ2) is 11.3. The molecule has 0 radical (unpaired) electrons. The molecule has 0 saturated heterocycles. The van der Waals surface area contributed by atoms with Gasteiger partial charge in [-0.25, -0.2) is 4.99 Å². The highest BCUT2D eigenvalue weighted by Gasteiger charge is 2.14. The number of halogens is 1. The first-order valence-electron chi connectivity index (χ1n) is 9.17. The molecular weight excluding hydrogens is 453 g/mol. The fourth-order valence-electron chi connectivity index (χ4n) is 3.05. The Bertz CT molecular complexity index is 757. The first-order chi connectivity index (χ1) is 12.5. The van der Waals surface area contributed by atoms with Gasteiger partial charge in [-0.05, 0) is 50.8 Å². The van der Waals surface area contributed by atoms with E-state index in [2.05, 4.69) is 48.4 Å². The molecule has 1 aromatic carbocycles. The zero-order valence-corrected chi connectivity index (χ0v) is 19.2. The molecule has 2 aromatic rings. The third-order valence-corrected chi connectivity index (χ3v) is 4.59. The molecular formula is C20H32IN5O. The van der Waals surface area contributed by atoms with Crippen molar-refractivity contribution in [2.24, 2.45) is 12.0 Å². The zero-order chi connectivity index (χ0) is 19.1. The van der Waals surface area contributed by atoms with E-state index in [0.717, 1.165) is 35.7 Å². The van der Waals surface area contributed by atoms with Crippen LogP contribution >= 0.6 is 24.0 Å². The van der Waals surface area contributed by atoms with Gasteiger partial charge in [-0.15, -0.1) is 24.0 Å². The predicted molar refractivity (Wildman–Crippen MR) is 122 cm³/mol. The first kappa shape index (κ1) is 23.4. The topological polar surface area (TPSA) is 74.5 Å². The summed E-state index contributed by atoms with van der Waals surface area (Å²) in [5, 5.41) is 20.7. The molecule has 2 rings (SSSR count). The van der Waals surface area contributed by atoms with Crippen molar-refractivity contribution < 1.29 is 5.11 Å². The smallest absolute Gasteiger partial charge is 0.191 e.